The van der Waals surface area contributed by atoms with Gasteiger partial charge in [0, 0.05) is 56.4 Å². The number of likely N-dealkylation sites (N-methyl/N-ethyl adjacent to an activating group) is 2. The van der Waals surface area contributed by atoms with Gasteiger partial charge < -0.3 is 36.0 Å². The van der Waals surface area contributed by atoms with E-state index < -0.39 is 5.91 Å². The maximum absolute atomic E-state index is 13.6. The normalized spacial score (nSPS) is 13.5. The van der Waals surface area contributed by atoms with Gasteiger partial charge in [-0.2, -0.15) is 4.98 Å². The Balaban J connectivity index is 1.41. The summed E-state index contributed by atoms with van der Waals surface area (Å²) in [5.74, 6) is -0.194. The van der Waals surface area contributed by atoms with E-state index in [9.17, 15) is 9.59 Å². The molecular formula is C35H40ClN9O2. The van der Waals surface area contributed by atoms with E-state index in [0.717, 1.165) is 43.1 Å². The molecule has 0 atom stereocenters. The Hall–Kier alpha value is -4.97. The van der Waals surface area contributed by atoms with Crippen LogP contribution in [-0.4, -0.2) is 85.4 Å². The lowest BCUT2D eigenvalue weighted by atomic mass is 10.2. The molecule has 4 N–H and O–H groups in total. The number of rotatable bonds is 11. The molecule has 1 aliphatic rings. The Labute approximate surface area is 280 Å². The van der Waals surface area contributed by atoms with Crippen LogP contribution >= 0.6 is 11.6 Å². The predicted molar refractivity (Wildman–Crippen MR) is 192 cm³/mol. The molecule has 3 aromatic carbocycles. The van der Waals surface area contributed by atoms with E-state index in [1.54, 1.807) is 24.3 Å². The first-order chi connectivity index (χ1) is 22.7. The molecule has 0 aliphatic carbocycles. The van der Waals surface area contributed by atoms with Gasteiger partial charge in [0.2, 0.25) is 11.9 Å². The van der Waals surface area contributed by atoms with E-state index in [2.05, 4.69) is 55.2 Å². The molecule has 5 rings (SSSR count). The van der Waals surface area contributed by atoms with E-state index in [-0.39, 0.29) is 17.3 Å². The van der Waals surface area contributed by atoms with Gasteiger partial charge in [0.25, 0.3) is 5.91 Å². The smallest absolute Gasteiger partial charge is 0.261 e. The number of para-hydroxylation sites is 3. The van der Waals surface area contributed by atoms with Gasteiger partial charge in [-0.15, -0.1) is 0 Å². The van der Waals surface area contributed by atoms with Crippen LogP contribution in [0.3, 0.4) is 0 Å². The van der Waals surface area contributed by atoms with Crippen LogP contribution in [0.5, 0.6) is 0 Å². The van der Waals surface area contributed by atoms with Crippen LogP contribution in [0, 0.1) is 6.92 Å². The first-order valence-corrected chi connectivity index (χ1v) is 15.8. The number of aromatic nitrogens is 2. The average molecular weight is 654 g/mol. The molecule has 0 unspecified atom stereocenters. The van der Waals surface area contributed by atoms with Crippen molar-refractivity contribution >= 4 is 63.6 Å². The number of aryl methyl sites for hydroxylation is 1. The number of anilines is 7. The van der Waals surface area contributed by atoms with Crippen LogP contribution in [0.2, 0.25) is 5.02 Å². The molecule has 2 heterocycles. The van der Waals surface area contributed by atoms with Gasteiger partial charge in [-0.25, -0.2) is 4.98 Å². The Bertz CT molecular complexity index is 1720. The van der Waals surface area contributed by atoms with E-state index in [4.69, 9.17) is 16.6 Å². The number of hydrogen-bond acceptors (Lipinski definition) is 9. The molecule has 1 saturated heterocycles. The lowest BCUT2D eigenvalue weighted by Crippen LogP contribution is -2.44. The summed E-state index contributed by atoms with van der Waals surface area (Å²) in [5, 5.41) is 12.7. The SMILES string of the molecule is Cc1cccc(Cl)c1NC(=O)c1cnc(Nc2ccc(N3CCN(C)CC3)cc2)nc1Nc1ccccc1NC(=O)C=CCN(C)C. The van der Waals surface area contributed by atoms with Crippen LogP contribution in [0.4, 0.5) is 40.2 Å². The van der Waals surface area contributed by atoms with Crippen LogP contribution in [0.25, 0.3) is 0 Å². The minimum Gasteiger partial charge on any atom is -0.369 e. The Kier molecular flexibility index (Phi) is 11.0. The van der Waals surface area contributed by atoms with Crippen molar-refractivity contribution in [1.29, 1.82) is 0 Å². The van der Waals surface area contributed by atoms with Gasteiger partial charge >= 0.3 is 0 Å². The molecule has 1 aromatic heterocycles. The summed E-state index contributed by atoms with van der Waals surface area (Å²) in [6, 6.07) is 20.7. The topological polar surface area (TPSA) is 118 Å². The largest absolute Gasteiger partial charge is 0.369 e. The number of carbonyl (C=O) groups excluding carboxylic acids is 2. The Morgan fingerprint density at radius 3 is 2.34 bits per heavy atom. The van der Waals surface area contributed by atoms with Crippen molar-refractivity contribution in [3.8, 4) is 0 Å². The summed E-state index contributed by atoms with van der Waals surface area (Å²) in [6.45, 7) is 6.51. The first-order valence-electron chi connectivity index (χ1n) is 15.4. The molecule has 1 fully saturated rings. The summed E-state index contributed by atoms with van der Waals surface area (Å²) in [4.78, 5) is 42.1. The van der Waals surface area contributed by atoms with Gasteiger partial charge in [-0.05, 0) is 76.1 Å². The zero-order valence-corrected chi connectivity index (χ0v) is 27.8. The third-order valence-corrected chi connectivity index (χ3v) is 7.98. The maximum Gasteiger partial charge on any atom is 0.261 e. The lowest BCUT2D eigenvalue weighted by Gasteiger charge is -2.34. The number of halogens is 1. The van der Waals surface area contributed by atoms with Crippen LogP contribution in [0.15, 0.2) is 85.1 Å². The second-order valence-electron chi connectivity index (χ2n) is 11.6. The average Bonchev–Trinajstić information content (AvgIpc) is 3.04. The van der Waals surface area contributed by atoms with E-state index in [0.29, 0.717) is 34.6 Å². The van der Waals surface area contributed by atoms with Crippen molar-refractivity contribution in [3.63, 3.8) is 0 Å². The van der Waals surface area contributed by atoms with E-state index in [1.807, 2.05) is 62.3 Å². The van der Waals surface area contributed by atoms with Gasteiger partial charge in [0.1, 0.15) is 11.4 Å². The van der Waals surface area contributed by atoms with Crippen LogP contribution in [-0.2, 0) is 4.79 Å². The number of carbonyl (C=O) groups is 2. The Morgan fingerprint density at radius 2 is 1.64 bits per heavy atom. The minimum absolute atomic E-state index is 0.187. The van der Waals surface area contributed by atoms with Crippen LogP contribution < -0.4 is 26.2 Å². The third-order valence-electron chi connectivity index (χ3n) is 7.66. The zero-order chi connectivity index (χ0) is 33.3. The summed E-state index contributed by atoms with van der Waals surface area (Å²) in [6.07, 6.45) is 4.73. The molecule has 11 nitrogen and oxygen atoms in total. The highest BCUT2D eigenvalue weighted by molar-refractivity contribution is 6.34. The number of benzene rings is 3. The van der Waals surface area contributed by atoms with E-state index in [1.165, 1.54) is 12.3 Å². The lowest BCUT2D eigenvalue weighted by molar-refractivity contribution is -0.111. The summed E-state index contributed by atoms with van der Waals surface area (Å²) in [7, 11) is 5.99. The van der Waals surface area contributed by atoms with Gasteiger partial charge in [-0.3, -0.25) is 9.59 Å². The molecule has 12 heteroatoms. The molecule has 47 heavy (non-hydrogen) atoms. The summed E-state index contributed by atoms with van der Waals surface area (Å²) < 4.78 is 0. The second-order valence-corrected chi connectivity index (χ2v) is 12.0. The van der Waals surface area contributed by atoms with Crippen molar-refractivity contribution in [2.75, 3.05) is 80.0 Å². The van der Waals surface area contributed by atoms with Crippen LogP contribution in [0.1, 0.15) is 15.9 Å². The second kappa shape index (κ2) is 15.5. The van der Waals surface area contributed by atoms with Crippen molar-refractivity contribution in [3.05, 3.63) is 101 Å². The molecule has 0 spiro atoms. The molecule has 244 valence electrons. The number of amides is 2. The third kappa shape index (κ3) is 9.07. The van der Waals surface area contributed by atoms with Gasteiger partial charge in [-0.1, -0.05) is 41.9 Å². The van der Waals surface area contributed by atoms with Crippen molar-refractivity contribution in [2.24, 2.45) is 0 Å². The fraction of sp³-hybridized carbons (Fsp3) is 0.257. The Morgan fingerprint density at radius 1 is 0.915 bits per heavy atom. The molecular weight excluding hydrogens is 614 g/mol. The quantitative estimate of drug-likeness (QED) is 0.145. The molecule has 0 saturated carbocycles. The maximum atomic E-state index is 13.6. The molecule has 4 aromatic rings. The van der Waals surface area contributed by atoms with E-state index >= 15 is 0 Å². The number of piperazine rings is 1. The number of nitrogens with one attached hydrogen (secondary N) is 4. The van der Waals surface area contributed by atoms with Crippen molar-refractivity contribution < 1.29 is 9.59 Å². The summed E-state index contributed by atoms with van der Waals surface area (Å²) >= 11 is 6.41. The molecule has 0 bridgehead atoms. The first kappa shape index (κ1) is 33.4. The standard InChI is InChI=1S/C35H40ClN9O2/c1-24-9-7-10-28(36)32(24)41-34(47)27-23-37-35(38-25-14-16-26(17-15-25)45-21-19-44(4)20-22-45)42-33(27)40-30-12-6-5-11-29(30)39-31(46)13-8-18-43(2)3/h5-17,23H,18-22H2,1-4H3,(H,39,46)(H,41,47)(H2,37,38,40,42). The molecule has 2 amide bonds. The molecule has 1 aliphatic heterocycles. The van der Waals surface area contributed by atoms with Crippen molar-refractivity contribution in [1.82, 2.24) is 19.8 Å². The molecule has 0 radical (unpaired) electrons. The highest BCUT2D eigenvalue weighted by Gasteiger charge is 2.19. The van der Waals surface area contributed by atoms with Crippen molar-refractivity contribution in [2.45, 2.75) is 6.92 Å². The van der Waals surface area contributed by atoms with Gasteiger partial charge in [0.05, 0.1) is 22.1 Å². The fourth-order valence-corrected chi connectivity index (χ4v) is 5.27. The zero-order valence-electron chi connectivity index (χ0n) is 27.0. The highest BCUT2D eigenvalue weighted by atomic mass is 35.5. The van der Waals surface area contributed by atoms with Gasteiger partial charge in [0.15, 0.2) is 0 Å². The minimum atomic E-state index is -0.445. The summed E-state index contributed by atoms with van der Waals surface area (Å²) in [5.41, 5.74) is 4.53. The number of hydrogen-bond donors (Lipinski definition) is 4. The predicted octanol–water partition coefficient (Wildman–Crippen LogP) is 5.99. The monoisotopic (exact) mass is 653 g/mol. The highest BCUT2D eigenvalue weighted by Crippen LogP contribution is 2.30. The number of nitrogens with zero attached hydrogens (tertiary/aromatic N) is 5. The fourth-order valence-electron chi connectivity index (χ4n) is 5.00.